The molecular formula is C17H30N6O2. The van der Waals surface area contributed by atoms with E-state index in [9.17, 15) is 9.59 Å². The number of urea groups is 1. The molecule has 1 atom stereocenters. The lowest BCUT2D eigenvalue weighted by atomic mass is 9.97. The average Bonchev–Trinajstić information content (AvgIpc) is 3.06. The van der Waals surface area contributed by atoms with Crippen LogP contribution in [0.3, 0.4) is 0 Å². The van der Waals surface area contributed by atoms with Crippen molar-refractivity contribution in [1.82, 2.24) is 29.6 Å². The molecule has 0 aliphatic carbocycles. The van der Waals surface area contributed by atoms with Gasteiger partial charge in [-0.3, -0.25) is 4.79 Å². The van der Waals surface area contributed by atoms with Crippen molar-refractivity contribution in [3.8, 4) is 0 Å². The van der Waals surface area contributed by atoms with Crippen molar-refractivity contribution in [3.63, 3.8) is 0 Å². The van der Waals surface area contributed by atoms with Crippen molar-refractivity contribution in [2.24, 2.45) is 0 Å². The van der Waals surface area contributed by atoms with Crippen LogP contribution in [0.5, 0.6) is 0 Å². The topological polar surface area (TPSA) is 73.7 Å². The Bertz CT molecular complexity index is 583. The van der Waals surface area contributed by atoms with Gasteiger partial charge in [0.05, 0.1) is 6.54 Å². The summed E-state index contributed by atoms with van der Waals surface area (Å²) < 4.78 is 2.19. The molecule has 0 aromatic carbocycles. The molecule has 0 bridgehead atoms. The van der Waals surface area contributed by atoms with E-state index in [0.29, 0.717) is 6.54 Å². The van der Waals surface area contributed by atoms with Crippen LogP contribution < -0.4 is 5.32 Å². The molecule has 8 heteroatoms. The molecule has 1 aliphatic heterocycles. The minimum atomic E-state index is -0.249. The van der Waals surface area contributed by atoms with Crippen LogP contribution >= 0.6 is 0 Å². The molecule has 1 saturated heterocycles. The Hall–Kier alpha value is -2.09. The summed E-state index contributed by atoms with van der Waals surface area (Å²) in [5.41, 5.74) is 0. The fourth-order valence-electron chi connectivity index (χ4n) is 3.01. The summed E-state index contributed by atoms with van der Waals surface area (Å²) in [7, 11) is 7.42. The SMILES string of the molecule is CN(C)CCn1ccnc1[C@H]1CCCN(C(=O)CNC(=O)N(C)C)C1. The van der Waals surface area contributed by atoms with Crippen LogP contribution in [0.4, 0.5) is 4.79 Å². The number of carbonyl (C=O) groups is 2. The zero-order valence-electron chi connectivity index (χ0n) is 15.7. The highest BCUT2D eigenvalue weighted by atomic mass is 16.2. The van der Waals surface area contributed by atoms with E-state index < -0.39 is 0 Å². The zero-order valence-corrected chi connectivity index (χ0v) is 15.7. The van der Waals surface area contributed by atoms with Gasteiger partial charge in [0, 0.05) is 58.6 Å². The van der Waals surface area contributed by atoms with Crippen LogP contribution in [-0.2, 0) is 11.3 Å². The molecule has 8 nitrogen and oxygen atoms in total. The first kappa shape index (κ1) is 19.2. The number of nitrogens with zero attached hydrogens (tertiary/aromatic N) is 5. The number of likely N-dealkylation sites (tertiary alicyclic amines) is 1. The van der Waals surface area contributed by atoms with Gasteiger partial charge in [0.25, 0.3) is 0 Å². The lowest BCUT2D eigenvalue weighted by molar-refractivity contribution is -0.131. The molecule has 1 N–H and O–H groups in total. The number of hydrogen-bond acceptors (Lipinski definition) is 4. The standard InChI is InChI=1S/C17H30N6O2/c1-20(2)10-11-22-9-7-18-16(22)14-6-5-8-23(13-14)15(24)12-19-17(25)21(3)4/h7,9,14H,5-6,8,10-13H2,1-4H3,(H,19,25)/t14-/m0/s1. The predicted octanol–water partition coefficient (Wildman–Crippen LogP) is 0.422. The summed E-state index contributed by atoms with van der Waals surface area (Å²) in [5.74, 6) is 1.27. The first-order chi connectivity index (χ1) is 11.9. The van der Waals surface area contributed by atoms with Gasteiger partial charge >= 0.3 is 6.03 Å². The first-order valence-electron chi connectivity index (χ1n) is 8.77. The Morgan fingerprint density at radius 1 is 1.32 bits per heavy atom. The molecule has 0 unspecified atom stereocenters. The first-order valence-corrected chi connectivity index (χ1v) is 8.77. The molecule has 1 aromatic rings. The van der Waals surface area contributed by atoms with E-state index in [2.05, 4.69) is 33.9 Å². The van der Waals surface area contributed by atoms with Gasteiger partial charge in [-0.05, 0) is 26.9 Å². The fourth-order valence-corrected chi connectivity index (χ4v) is 3.01. The van der Waals surface area contributed by atoms with Crippen LogP contribution in [0.1, 0.15) is 24.6 Å². The number of likely N-dealkylation sites (N-methyl/N-ethyl adjacent to an activating group) is 1. The summed E-state index contributed by atoms with van der Waals surface area (Å²) in [6, 6.07) is -0.249. The van der Waals surface area contributed by atoms with E-state index in [1.54, 1.807) is 14.1 Å². The zero-order chi connectivity index (χ0) is 18.4. The highest BCUT2D eigenvalue weighted by Crippen LogP contribution is 2.25. The molecule has 0 radical (unpaired) electrons. The second-order valence-electron chi connectivity index (χ2n) is 7.01. The van der Waals surface area contributed by atoms with E-state index in [1.165, 1.54) is 4.90 Å². The van der Waals surface area contributed by atoms with E-state index >= 15 is 0 Å². The van der Waals surface area contributed by atoms with Crippen molar-refractivity contribution in [1.29, 1.82) is 0 Å². The van der Waals surface area contributed by atoms with Crippen molar-refractivity contribution in [3.05, 3.63) is 18.2 Å². The molecular weight excluding hydrogens is 320 g/mol. The third kappa shape index (κ3) is 5.45. The van der Waals surface area contributed by atoms with Crippen LogP contribution in [0, 0.1) is 0 Å². The van der Waals surface area contributed by atoms with Crippen molar-refractivity contribution in [2.45, 2.75) is 25.3 Å². The smallest absolute Gasteiger partial charge is 0.317 e. The summed E-state index contributed by atoms with van der Waals surface area (Å²) in [4.78, 5) is 33.9. The normalized spacial score (nSPS) is 17.6. The van der Waals surface area contributed by atoms with Gasteiger partial charge in [0.1, 0.15) is 5.82 Å². The van der Waals surface area contributed by atoms with E-state index in [4.69, 9.17) is 0 Å². The van der Waals surface area contributed by atoms with Gasteiger partial charge in [-0.25, -0.2) is 9.78 Å². The monoisotopic (exact) mass is 350 g/mol. The highest BCUT2D eigenvalue weighted by Gasteiger charge is 2.27. The third-order valence-electron chi connectivity index (χ3n) is 4.47. The average molecular weight is 350 g/mol. The maximum absolute atomic E-state index is 12.4. The van der Waals surface area contributed by atoms with E-state index in [1.807, 2.05) is 17.3 Å². The summed E-state index contributed by atoms with van der Waals surface area (Å²) in [6.07, 6.45) is 5.84. The number of carbonyl (C=O) groups excluding carboxylic acids is 2. The maximum atomic E-state index is 12.4. The number of aromatic nitrogens is 2. The Morgan fingerprint density at radius 2 is 2.08 bits per heavy atom. The van der Waals surface area contributed by atoms with Gasteiger partial charge in [0.2, 0.25) is 5.91 Å². The molecule has 1 aliphatic rings. The number of hydrogen-bond donors (Lipinski definition) is 1. The minimum absolute atomic E-state index is 0.0358. The van der Waals surface area contributed by atoms with Gasteiger partial charge in [-0.15, -0.1) is 0 Å². The molecule has 140 valence electrons. The quantitative estimate of drug-likeness (QED) is 0.807. The Balaban J connectivity index is 1.93. The van der Waals surface area contributed by atoms with Crippen molar-refractivity contribution in [2.75, 3.05) is 54.4 Å². The van der Waals surface area contributed by atoms with Crippen molar-refractivity contribution < 1.29 is 9.59 Å². The molecule has 25 heavy (non-hydrogen) atoms. The van der Waals surface area contributed by atoms with Gasteiger partial charge < -0.3 is 24.6 Å². The van der Waals surface area contributed by atoms with Gasteiger partial charge in [0.15, 0.2) is 0 Å². The Kier molecular flexibility index (Phi) is 6.81. The van der Waals surface area contributed by atoms with Crippen LogP contribution in [0.25, 0.3) is 0 Å². The van der Waals surface area contributed by atoms with Gasteiger partial charge in [-0.1, -0.05) is 0 Å². The molecule has 1 fully saturated rings. The lowest BCUT2D eigenvalue weighted by Crippen LogP contribution is -2.46. The number of rotatable bonds is 6. The Morgan fingerprint density at radius 3 is 2.76 bits per heavy atom. The molecule has 0 spiro atoms. The highest BCUT2D eigenvalue weighted by molar-refractivity contribution is 5.83. The van der Waals surface area contributed by atoms with Gasteiger partial charge in [-0.2, -0.15) is 0 Å². The second kappa shape index (κ2) is 8.84. The van der Waals surface area contributed by atoms with Crippen molar-refractivity contribution >= 4 is 11.9 Å². The second-order valence-corrected chi connectivity index (χ2v) is 7.01. The third-order valence-corrected chi connectivity index (χ3v) is 4.47. The number of imidazole rings is 1. The minimum Gasteiger partial charge on any atom is -0.340 e. The maximum Gasteiger partial charge on any atom is 0.317 e. The summed E-state index contributed by atoms with van der Waals surface area (Å²) in [5, 5.41) is 2.64. The number of amides is 3. The number of nitrogens with one attached hydrogen (secondary N) is 1. The predicted molar refractivity (Wildman–Crippen MR) is 96.4 cm³/mol. The molecule has 1 aromatic heterocycles. The van der Waals surface area contributed by atoms with E-state index in [0.717, 1.165) is 38.3 Å². The van der Waals surface area contributed by atoms with Crippen LogP contribution in [0.15, 0.2) is 12.4 Å². The summed E-state index contributed by atoms with van der Waals surface area (Å²) in [6.45, 7) is 3.29. The number of piperidine rings is 1. The lowest BCUT2D eigenvalue weighted by Gasteiger charge is -2.33. The Labute approximate surface area is 149 Å². The van der Waals surface area contributed by atoms with E-state index in [-0.39, 0.29) is 24.4 Å². The summed E-state index contributed by atoms with van der Waals surface area (Å²) >= 11 is 0. The molecule has 3 amide bonds. The molecule has 2 rings (SSSR count). The largest absolute Gasteiger partial charge is 0.340 e. The fraction of sp³-hybridized carbons (Fsp3) is 0.706. The van der Waals surface area contributed by atoms with Crippen LogP contribution in [-0.4, -0.2) is 90.6 Å². The van der Waals surface area contributed by atoms with Crippen LogP contribution in [0.2, 0.25) is 0 Å². The molecule has 0 saturated carbocycles. The molecule has 2 heterocycles.